The zero-order chi connectivity index (χ0) is 19.1. The van der Waals surface area contributed by atoms with Gasteiger partial charge in [0.15, 0.2) is 11.5 Å². The first-order valence-electron chi connectivity index (χ1n) is 9.35. The summed E-state index contributed by atoms with van der Waals surface area (Å²) >= 11 is 0. The van der Waals surface area contributed by atoms with E-state index >= 15 is 0 Å². The molecule has 0 spiro atoms. The lowest BCUT2D eigenvalue weighted by Crippen LogP contribution is -2.37. The molecule has 2 aromatic carbocycles. The summed E-state index contributed by atoms with van der Waals surface area (Å²) in [5.74, 6) is 1.34. The average Bonchev–Trinajstić information content (AvgIpc) is 3.18. The molecule has 142 valence electrons. The van der Waals surface area contributed by atoms with Gasteiger partial charge in [-0.2, -0.15) is 0 Å². The molecule has 2 aromatic rings. The molecule has 1 atom stereocenters. The molecule has 0 saturated carbocycles. The fraction of sp³-hybridized carbons (Fsp3) is 0.318. The number of hydrogen-bond donors (Lipinski definition) is 1. The number of rotatable bonds is 8. The van der Waals surface area contributed by atoms with Crippen LogP contribution in [0.4, 0.5) is 0 Å². The Labute approximate surface area is 160 Å². The number of nitrogens with zero attached hydrogens (tertiary/aromatic N) is 1. The Balaban J connectivity index is 1.62. The van der Waals surface area contributed by atoms with E-state index < -0.39 is 0 Å². The van der Waals surface area contributed by atoms with E-state index in [4.69, 9.17) is 9.47 Å². The Kier molecular flexibility index (Phi) is 6.49. The maximum absolute atomic E-state index is 12.3. The number of fused-ring (bicyclic) bond motifs is 1. The highest BCUT2D eigenvalue weighted by Crippen LogP contribution is 2.32. The highest BCUT2D eigenvalue weighted by molar-refractivity contribution is 5.91. The molecular formula is C22H26N2O3. The van der Waals surface area contributed by atoms with Crippen LogP contribution < -0.4 is 14.8 Å². The predicted molar refractivity (Wildman–Crippen MR) is 107 cm³/mol. The van der Waals surface area contributed by atoms with Gasteiger partial charge >= 0.3 is 0 Å². The van der Waals surface area contributed by atoms with Crippen molar-refractivity contribution < 1.29 is 14.3 Å². The Morgan fingerprint density at radius 2 is 1.85 bits per heavy atom. The van der Waals surface area contributed by atoms with Crippen LogP contribution in [-0.4, -0.2) is 37.2 Å². The highest BCUT2D eigenvalue weighted by atomic mass is 16.7. The van der Waals surface area contributed by atoms with Gasteiger partial charge in [-0.25, -0.2) is 0 Å². The molecule has 0 saturated heterocycles. The van der Waals surface area contributed by atoms with Gasteiger partial charge in [-0.15, -0.1) is 0 Å². The van der Waals surface area contributed by atoms with Crippen molar-refractivity contribution in [3.05, 3.63) is 65.7 Å². The van der Waals surface area contributed by atoms with Crippen molar-refractivity contribution in [2.45, 2.75) is 19.9 Å². The summed E-state index contributed by atoms with van der Waals surface area (Å²) in [7, 11) is 0. The van der Waals surface area contributed by atoms with Crippen LogP contribution in [0.5, 0.6) is 11.5 Å². The summed E-state index contributed by atoms with van der Waals surface area (Å²) < 4.78 is 10.7. The Hall–Kier alpha value is -2.79. The van der Waals surface area contributed by atoms with Crippen LogP contribution >= 0.6 is 0 Å². The van der Waals surface area contributed by atoms with Crippen molar-refractivity contribution in [2.24, 2.45) is 0 Å². The smallest absolute Gasteiger partial charge is 0.244 e. The minimum atomic E-state index is -0.110. The van der Waals surface area contributed by atoms with Gasteiger partial charge in [-0.3, -0.25) is 9.69 Å². The molecule has 1 amide bonds. The number of carbonyl (C=O) groups excluding carboxylic acids is 1. The van der Waals surface area contributed by atoms with Crippen molar-refractivity contribution in [1.29, 1.82) is 0 Å². The number of amides is 1. The minimum absolute atomic E-state index is 0.110. The minimum Gasteiger partial charge on any atom is -0.454 e. The molecule has 0 radical (unpaired) electrons. The van der Waals surface area contributed by atoms with E-state index in [1.54, 1.807) is 12.2 Å². The van der Waals surface area contributed by atoms with E-state index in [1.807, 2.05) is 36.4 Å². The third kappa shape index (κ3) is 4.89. The first-order chi connectivity index (χ1) is 13.2. The van der Waals surface area contributed by atoms with Crippen molar-refractivity contribution in [3.63, 3.8) is 0 Å². The van der Waals surface area contributed by atoms with Crippen LogP contribution in [0.25, 0.3) is 6.08 Å². The second-order valence-electron chi connectivity index (χ2n) is 6.34. The molecule has 0 bridgehead atoms. The first-order valence-corrected chi connectivity index (χ1v) is 9.35. The van der Waals surface area contributed by atoms with Crippen molar-refractivity contribution in [3.8, 4) is 11.5 Å². The second-order valence-corrected chi connectivity index (χ2v) is 6.34. The molecule has 5 heteroatoms. The van der Waals surface area contributed by atoms with Gasteiger partial charge in [-0.1, -0.05) is 50.2 Å². The van der Waals surface area contributed by atoms with E-state index in [2.05, 4.69) is 36.2 Å². The summed E-state index contributed by atoms with van der Waals surface area (Å²) in [5, 5.41) is 3.03. The monoisotopic (exact) mass is 366 g/mol. The van der Waals surface area contributed by atoms with Gasteiger partial charge in [0.2, 0.25) is 12.7 Å². The van der Waals surface area contributed by atoms with E-state index in [0.717, 1.165) is 24.4 Å². The predicted octanol–water partition coefficient (Wildman–Crippen LogP) is 3.63. The molecule has 5 nitrogen and oxygen atoms in total. The van der Waals surface area contributed by atoms with E-state index in [9.17, 15) is 4.79 Å². The van der Waals surface area contributed by atoms with Gasteiger partial charge in [0.05, 0.1) is 6.04 Å². The third-order valence-electron chi connectivity index (χ3n) is 4.73. The maximum Gasteiger partial charge on any atom is 0.244 e. The number of carbonyl (C=O) groups is 1. The summed E-state index contributed by atoms with van der Waals surface area (Å²) in [4.78, 5) is 14.7. The van der Waals surface area contributed by atoms with E-state index in [-0.39, 0.29) is 18.7 Å². The van der Waals surface area contributed by atoms with Gasteiger partial charge in [0.1, 0.15) is 0 Å². The largest absolute Gasteiger partial charge is 0.454 e. The molecule has 3 rings (SSSR count). The molecule has 1 aliphatic rings. The maximum atomic E-state index is 12.3. The van der Waals surface area contributed by atoms with Crippen molar-refractivity contribution in [1.82, 2.24) is 10.2 Å². The average molecular weight is 366 g/mol. The Bertz CT molecular complexity index is 785. The molecule has 27 heavy (non-hydrogen) atoms. The van der Waals surface area contributed by atoms with Crippen LogP contribution in [0.15, 0.2) is 54.6 Å². The summed E-state index contributed by atoms with van der Waals surface area (Å²) in [6.45, 7) is 6.95. The van der Waals surface area contributed by atoms with Crippen LogP contribution in [-0.2, 0) is 4.79 Å². The SMILES string of the molecule is CCN(CC)C(CNC(=O)C=Cc1ccc2c(c1)OCO2)c1ccccc1. The Morgan fingerprint density at radius 1 is 1.11 bits per heavy atom. The lowest BCUT2D eigenvalue weighted by Gasteiger charge is -2.30. The van der Waals surface area contributed by atoms with E-state index in [1.165, 1.54) is 5.56 Å². The second kappa shape index (κ2) is 9.24. The van der Waals surface area contributed by atoms with Crippen LogP contribution in [0.3, 0.4) is 0 Å². The number of nitrogens with one attached hydrogen (secondary N) is 1. The van der Waals surface area contributed by atoms with Crippen LogP contribution in [0, 0.1) is 0 Å². The molecule has 1 aliphatic heterocycles. The molecule has 0 aliphatic carbocycles. The quantitative estimate of drug-likeness (QED) is 0.725. The molecule has 0 fully saturated rings. The standard InChI is InChI=1S/C22H26N2O3/c1-3-24(4-2)19(18-8-6-5-7-9-18)15-23-22(25)13-11-17-10-12-20-21(14-17)27-16-26-20/h5-14,19H,3-4,15-16H2,1-2H3,(H,23,25). The highest BCUT2D eigenvalue weighted by Gasteiger charge is 2.18. The number of likely N-dealkylation sites (N-methyl/N-ethyl adjacent to an activating group) is 1. The van der Waals surface area contributed by atoms with Crippen LogP contribution in [0.1, 0.15) is 31.0 Å². The van der Waals surface area contributed by atoms with Crippen LogP contribution in [0.2, 0.25) is 0 Å². The summed E-state index contributed by atoms with van der Waals surface area (Å²) in [5.41, 5.74) is 2.11. The molecule has 0 aromatic heterocycles. The van der Waals surface area contributed by atoms with Gasteiger partial charge in [0, 0.05) is 12.6 Å². The molecule has 1 unspecified atom stereocenters. The van der Waals surface area contributed by atoms with Crippen molar-refractivity contribution in [2.75, 3.05) is 26.4 Å². The fourth-order valence-corrected chi connectivity index (χ4v) is 3.24. The zero-order valence-electron chi connectivity index (χ0n) is 15.9. The Morgan fingerprint density at radius 3 is 2.59 bits per heavy atom. The van der Waals surface area contributed by atoms with Crippen molar-refractivity contribution >= 4 is 12.0 Å². The lowest BCUT2D eigenvalue weighted by molar-refractivity contribution is -0.116. The summed E-state index contributed by atoms with van der Waals surface area (Å²) in [6.07, 6.45) is 3.34. The molecule has 1 N–H and O–H groups in total. The normalized spacial score (nSPS) is 13.9. The molecular weight excluding hydrogens is 340 g/mol. The zero-order valence-corrected chi connectivity index (χ0v) is 15.9. The van der Waals surface area contributed by atoms with E-state index in [0.29, 0.717) is 12.3 Å². The summed E-state index contributed by atoms with van der Waals surface area (Å²) in [6, 6.07) is 16.1. The first kappa shape index (κ1) is 19.0. The topological polar surface area (TPSA) is 50.8 Å². The van der Waals surface area contributed by atoms with Gasteiger partial charge in [0.25, 0.3) is 0 Å². The number of benzene rings is 2. The van der Waals surface area contributed by atoms with Gasteiger partial charge in [-0.05, 0) is 42.4 Å². The fourth-order valence-electron chi connectivity index (χ4n) is 3.24. The lowest BCUT2D eigenvalue weighted by atomic mass is 10.1. The van der Waals surface area contributed by atoms with Gasteiger partial charge < -0.3 is 14.8 Å². The molecule has 1 heterocycles. The third-order valence-corrected chi connectivity index (χ3v) is 4.73. The number of hydrogen-bond acceptors (Lipinski definition) is 4. The number of ether oxygens (including phenoxy) is 2.